The Morgan fingerprint density at radius 2 is 2.11 bits per heavy atom. The van der Waals surface area contributed by atoms with Gasteiger partial charge in [0.25, 0.3) is 0 Å². The smallest absolute Gasteiger partial charge is 0.359 e. The molecule has 0 saturated heterocycles. The number of pyridine rings is 1. The second-order valence-corrected chi connectivity index (χ2v) is 5.16. The third-order valence-corrected chi connectivity index (χ3v) is 2.92. The van der Waals surface area contributed by atoms with E-state index >= 15 is 0 Å². The minimum absolute atomic E-state index is 0.0778. The minimum atomic E-state index is -4.42. The van der Waals surface area contributed by atoms with Crippen molar-refractivity contribution in [3.63, 3.8) is 0 Å². The second-order valence-electron chi connectivity index (χ2n) is 4.24. The SMILES string of the molecule is CC(CN)CN(C)c1ncc(Br)cc1C(F)(F)F. The summed E-state index contributed by atoms with van der Waals surface area (Å²) in [6.45, 7) is 2.72. The van der Waals surface area contributed by atoms with Gasteiger partial charge in [-0.3, -0.25) is 0 Å². The van der Waals surface area contributed by atoms with E-state index in [9.17, 15) is 13.2 Å². The van der Waals surface area contributed by atoms with Crippen molar-refractivity contribution in [3.05, 3.63) is 22.3 Å². The number of nitrogens with two attached hydrogens (primary N) is 1. The molecule has 18 heavy (non-hydrogen) atoms. The molecule has 102 valence electrons. The molecule has 0 radical (unpaired) electrons. The molecular weight excluding hydrogens is 311 g/mol. The van der Waals surface area contributed by atoms with Gasteiger partial charge < -0.3 is 10.6 Å². The van der Waals surface area contributed by atoms with E-state index in [0.717, 1.165) is 6.07 Å². The zero-order valence-electron chi connectivity index (χ0n) is 10.1. The van der Waals surface area contributed by atoms with Gasteiger partial charge in [0, 0.05) is 24.3 Å². The van der Waals surface area contributed by atoms with Crippen molar-refractivity contribution in [3.8, 4) is 0 Å². The summed E-state index contributed by atoms with van der Waals surface area (Å²) in [7, 11) is 1.58. The number of anilines is 1. The molecule has 0 aliphatic carbocycles. The molecule has 2 N–H and O–H groups in total. The van der Waals surface area contributed by atoms with Gasteiger partial charge >= 0.3 is 6.18 Å². The van der Waals surface area contributed by atoms with Gasteiger partial charge in [0.1, 0.15) is 5.82 Å². The van der Waals surface area contributed by atoms with Crippen LogP contribution in [0.25, 0.3) is 0 Å². The zero-order chi connectivity index (χ0) is 13.9. The zero-order valence-corrected chi connectivity index (χ0v) is 11.7. The molecule has 1 rings (SSSR count). The summed E-state index contributed by atoms with van der Waals surface area (Å²) >= 11 is 3.00. The van der Waals surface area contributed by atoms with Gasteiger partial charge in [-0.2, -0.15) is 13.2 Å². The second kappa shape index (κ2) is 5.88. The number of hydrogen-bond donors (Lipinski definition) is 1. The van der Waals surface area contributed by atoms with E-state index in [0.29, 0.717) is 17.6 Å². The van der Waals surface area contributed by atoms with Crippen LogP contribution in [0.4, 0.5) is 19.0 Å². The summed E-state index contributed by atoms with van der Waals surface area (Å²) in [5.74, 6) is 0.0209. The van der Waals surface area contributed by atoms with Crippen LogP contribution < -0.4 is 10.6 Å². The highest BCUT2D eigenvalue weighted by Crippen LogP contribution is 2.36. The number of alkyl halides is 3. The van der Waals surface area contributed by atoms with Crippen molar-refractivity contribution >= 4 is 21.7 Å². The normalized spacial score (nSPS) is 13.5. The summed E-state index contributed by atoms with van der Waals surface area (Å²) in [5.41, 5.74) is 4.72. The first-order valence-electron chi connectivity index (χ1n) is 5.39. The van der Waals surface area contributed by atoms with Crippen LogP contribution in [-0.4, -0.2) is 25.1 Å². The fourth-order valence-electron chi connectivity index (χ4n) is 1.57. The lowest BCUT2D eigenvalue weighted by atomic mass is 10.1. The maximum Gasteiger partial charge on any atom is 0.419 e. The Hall–Kier alpha value is -0.820. The third kappa shape index (κ3) is 3.84. The highest BCUT2D eigenvalue weighted by atomic mass is 79.9. The van der Waals surface area contributed by atoms with Crippen LogP contribution in [0.15, 0.2) is 16.7 Å². The third-order valence-electron chi connectivity index (χ3n) is 2.49. The van der Waals surface area contributed by atoms with Gasteiger partial charge in [0.15, 0.2) is 0 Å². The van der Waals surface area contributed by atoms with Crippen LogP contribution in [-0.2, 0) is 6.18 Å². The van der Waals surface area contributed by atoms with E-state index < -0.39 is 11.7 Å². The van der Waals surface area contributed by atoms with Gasteiger partial charge in [0.05, 0.1) is 5.56 Å². The Morgan fingerprint density at radius 1 is 1.50 bits per heavy atom. The van der Waals surface area contributed by atoms with Crippen LogP contribution in [0.5, 0.6) is 0 Å². The quantitative estimate of drug-likeness (QED) is 0.925. The largest absolute Gasteiger partial charge is 0.419 e. The highest BCUT2D eigenvalue weighted by molar-refractivity contribution is 9.10. The molecule has 0 bridgehead atoms. The molecule has 1 aromatic rings. The van der Waals surface area contributed by atoms with Crippen molar-refractivity contribution < 1.29 is 13.2 Å². The number of nitrogens with zero attached hydrogens (tertiary/aromatic N) is 2. The first-order chi connectivity index (χ1) is 8.25. The average molecular weight is 326 g/mol. The van der Waals surface area contributed by atoms with Crippen LogP contribution in [0.2, 0.25) is 0 Å². The summed E-state index contributed by atoms with van der Waals surface area (Å²) in [6.07, 6.45) is -3.07. The molecule has 1 atom stereocenters. The topological polar surface area (TPSA) is 42.1 Å². The van der Waals surface area contributed by atoms with Crippen LogP contribution in [0.1, 0.15) is 12.5 Å². The number of hydrogen-bond acceptors (Lipinski definition) is 3. The van der Waals surface area contributed by atoms with E-state index in [1.54, 1.807) is 7.05 Å². The summed E-state index contributed by atoms with van der Waals surface area (Å²) in [4.78, 5) is 5.33. The monoisotopic (exact) mass is 325 g/mol. The first-order valence-corrected chi connectivity index (χ1v) is 6.19. The van der Waals surface area contributed by atoms with Crippen molar-refractivity contribution in [1.29, 1.82) is 0 Å². The molecule has 0 aliphatic heterocycles. The number of halogens is 4. The molecule has 1 aromatic heterocycles. The Balaban J connectivity index is 3.08. The van der Waals surface area contributed by atoms with E-state index in [2.05, 4.69) is 20.9 Å². The predicted molar refractivity (Wildman–Crippen MR) is 68.4 cm³/mol. The molecule has 7 heteroatoms. The summed E-state index contributed by atoms with van der Waals surface area (Å²) < 4.78 is 39.0. The fraction of sp³-hybridized carbons (Fsp3) is 0.545. The van der Waals surface area contributed by atoms with Crippen molar-refractivity contribution in [2.24, 2.45) is 11.7 Å². The van der Waals surface area contributed by atoms with Gasteiger partial charge in [0.2, 0.25) is 0 Å². The van der Waals surface area contributed by atoms with Gasteiger partial charge in [-0.25, -0.2) is 4.98 Å². The van der Waals surface area contributed by atoms with Crippen LogP contribution in [0, 0.1) is 5.92 Å². The maximum absolute atomic E-state index is 12.9. The van der Waals surface area contributed by atoms with E-state index in [4.69, 9.17) is 5.73 Å². The lowest BCUT2D eigenvalue weighted by Gasteiger charge is -2.24. The molecule has 0 saturated carbocycles. The van der Waals surface area contributed by atoms with Crippen molar-refractivity contribution in [2.45, 2.75) is 13.1 Å². The van der Waals surface area contributed by atoms with Crippen LogP contribution >= 0.6 is 15.9 Å². The van der Waals surface area contributed by atoms with Gasteiger partial charge in [-0.05, 0) is 34.5 Å². The number of rotatable bonds is 4. The molecule has 0 fully saturated rings. The maximum atomic E-state index is 12.9. The lowest BCUT2D eigenvalue weighted by molar-refractivity contribution is -0.137. The minimum Gasteiger partial charge on any atom is -0.359 e. The standard InChI is InChI=1S/C11H15BrF3N3/c1-7(4-16)6-18(2)10-9(11(13,14)15)3-8(12)5-17-10/h3,5,7H,4,6,16H2,1-2H3. The van der Waals surface area contributed by atoms with Crippen LogP contribution in [0.3, 0.4) is 0 Å². The van der Waals surface area contributed by atoms with Gasteiger partial charge in [-0.15, -0.1) is 0 Å². The fourth-order valence-corrected chi connectivity index (χ4v) is 1.90. The first kappa shape index (κ1) is 15.2. The number of aromatic nitrogens is 1. The van der Waals surface area contributed by atoms with E-state index in [1.807, 2.05) is 6.92 Å². The molecular formula is C11H15BrF3N3. The Labute approximate surface area is 112 Å². The Kier molecular flexibility index (Phi) is 4.98. The molecule has 0 aliphatic rings. The average Bonchev–Trinajstić information content (AvgIpc) is 2.27. The molecule has 0 aromatic carbocycles. The highest BCUT2D eigenvalue weighted by Gasteiger charge is 2.35. The van der Waals surface area contributed by atoms with E-state index in [1.165, 1.54) is 11.1 Å². The molecule has 1 heterocycles. The molecule has 1 unspecified atom stereocenters. The van der Waals surface area contributed by atoms with Gasteiger partial charge in [-0.1, -0.05) is 6.92 Å². The molecule has 3 nitrogen and oxygen atoms in total. The molecule has 0 amide bonds. The molecule has 0 spiro atoms. The van der Waals surface area contributed by atoms with Crippen molar-refractivity contribution in [1.82, 2.24) is 4.98 Å². The summed E-state index contributed by atoms with van der Waals surface area (Å²) in [5, 5.41) is 0. The van der Waals surface area contributed by atoms with Crippen molar-refractivity contribution in [2.75, 3.05) is 25.0 Å². The lowest BCUT2D eigenvalue weighted by Crippen LogP contribution is -2.30. The predicted octanol–water partition coefficient (Wildman–Crippen LogP) is 2.89. The Morgan fingerprint density at radius 3 is 2.61 bits per heavy atom. The van der Waals surface area contributed by atoms with E-state index in [-0.39, 0.29) is 11.7 Å². The summed E-state index contributed by atoms with van der Waals surface area (Å²) in [6, 6.07) is 1.03. The Bertz CT molecular complexity index is 409.